The van der Waals surface area contributed by atoms with Gasteiger partial charge in [-0.15, -0.1) is 0 Å². The zero-order chi connectivity index (χ0) is 23.9. The largest absolute Gasteiger partial charge is 0.403 e. The SMILES string of the molecule is Nc1ncnc2c1ncn2[C@@H]1O[C@H](COP(=O)(O)NCCC2=CCc3ccccc32)[C@H](O)C1O. The van der Waals surface area contributed by atoms with Crippen molar-refractivity contribution in [3.63, 3.8) is 0 Å². The molecule has 180 valence electrons. The molecule has 34 heavy (non-hydrogen) atoms. The second kappa shape index (κ2) is 9.16. The van der Waals surface area contributed by atoms with E-state index >= 15 is 0 Å². The molecule has 0 amide bonds. The zero-order valence-electron chi connectivity index (χ0n) is 18.1. The van der Waals surface area contributed by atoms with Crippen LogP contribution in [-0.4, -0.2) is 66.1 Å². The van der Waals surface area contributed by atoms with Crippen molar-refractivity contribution in [2.45, 2.75) is 37.4 Å². The van der Waals surface area contributed by atoms with Crippen LogP contribution in [0.15, 0.2) is 43.0 Å². The third-order valence-corrected chi connectivity index (χ3v) is 7.17. The number of anilines is 1. The van der Waals surface area contributed by atoms with Crippen molar-refractivity contribution in [1.82, 2.24) is 24.6 Å². The van der Waals surface area contributed by atoms with Gasteiger partial charge in [0.05, 0.1) is 12.9 Å². The molecular weight excluding hydrogens is 463 g/mol. The molecule has 0 bridgehead atoms. The van der Waals surface area contributed by atoms with Gasteiger partial charge in [-0.25, -0.2) is 24.6 Å². The summed E-state index contributed by atoms with van der Waals surface area (Å²) in [5.41, 5.74) is 9.94. The van der Waals surface area contributed by atoms with E-state index in [0.717, 1.165) is 17.6 Å². The number of hydrogen-bond acceptors (Lipinski definition) is 9. The van der Waals surface area contributed by atoms with Crippen molar-refractivity contribution in [2.75, 3.05) is 18.9 Å². The number of nitrogen functional groups attached to an aromatic ring is 1. The van der Waals surface area contributed by atoms with Gasteiger partial charge < -0.3 is 25.6 Å². The highest BCUT2D eigenvalue weighted by Gasteiger charge is 2.45. The van der Waals surface area contributed by atoms with Crippen LogP contribution >= 0.6 is 7.75 Å². The number of aliphatic hydroxyl groups excluding tert-OH is 2. The lowest BCUT2D eigenvalue weighted by molar-refractivity contribution is -0.0487. The average Bonchev–Trinajstić information content (AvgIpc) is 3.50. The molecule has 1 fully saturated rings. The zero-order valence-corrected chi connectivity index (χ0v) is 19.0. The van der Waals surface area contributed by atoms with Crippen molar-refractivity contribution in [1.29, 1.82) is 0 Å². The topological polar surface area (TPSA) is 178 Å². The summed E-state index contributed by atoms with van der Waals surface area (Å²) < 4.78 is 24.8. The lowest BCUT2D eigenvalue weighted by atomic mass is 10.0. The van der Waals surface area contributed by atoms with Gasteiger partial charge in [-0.05, 0) is 29.5 Å². The Balaban J connectivity index is 1.17. The first-order valence-electron chi connectivity index (χ1n) is 10.8. The van der Waals surface area contributed by atoms with Gasteiger partial charge in [-0.3, -0.25) is 9.09 Å². The third kappa shape index (κ3) is 4.37. The predicted molar refractivity (Wildman–Crippen MR) is 122 cm³/mol. The standard InChI is InChI=1S/C21H25N6O6P/c22-19-16-20(24-10-23-19)27(11-25-16)21-18(29)17(28)15(33-21)9-32-34(30,31)26-8-7-13-6-5-12-3-1-2-4-14(12)13/h1-4,6,10-11,15,17-18,21,28-29H,5,7-9H2,(H2,22,23,24)(H2,26,30,31)/t15-,17+,18?,21-/m1/s1. The van der Waals surface area contributed by atoms with Crippen LogP contribution in [0.3, 0.4) is 0 Å². The smallest absolute Gasteiger partial charge is 0.387 e. The molecule has 6 N–H and O–H groups in total. The highest BCUT2D eigenvalue weighted by Crippen LogP contribution is 2.40. The van der Waals surface area contributed by atoms with Gasteiger partial charge >= 0.3 is 7.75 Å². The minimum atomic E-state index is -4.16. The van der Waals surface area contributed by atoms with Crippen molar-refractivity contribution in [3.05, 3.63) is 54.1 Å². The Kier molecular flexibility index (Phi) is 6.21. The molecule has 1 aliphatic carbocycles. The molecule has 2 aliphatic rings. The van der Waals surface area contributed by atoms with Crippen molar-refractivity contribution < 1.29 is 28.9 Å². The number of nitrogens with one attached hydrogen (secondary N) is 1. The van der Waals surface area contributed by atoms with E-state index in [1.165, 1.54) is 22.8 Å². The highest BCUT2D eigenvalue weighted by molar-refractivity contribution is 7.50. The summed E-state index contributed by atoms with van der Waals surface area (Å²) in [6, 6.07) is 8.06. The summed E-state index contributed by atoms with van der Waals surface area (Å²) in [7, 11) is -4.16. The molecule has 2 unspecified atom stereocenters. The predicted octanol–water partition coefficient (Wildman–Crippen LogP) is 0.764. The van der Waals surface area contributed by atoms with E-state index < -0.39 is 38.9 Å². The van der Waals surface area contributed by atoms with Crippen LogP contribution in [0.1, 0.15) is 23.8 Å². The van der Waals surface area contributed by atoms with Crippen LogP contribution in [0.4, 0.5) is 5.82 Å². The van der Waals surface area contributed by atoms with Crippen LogP contribution in [0.5, 0.6) is 0 Å². The van der Waals surface area contributed by atoms with Gasteiger partial charge in [-0.2, -0.15) is 0 Å². The number of imidazole rings is 1. The molecule has 0 radical (unpaired) electrons. The van der Waals surface area contributed by atoms with E-state index in [9.17, 15) is 19.7 Å². The summed E-state index contributed by atoms with van der Waals surface area (Å²) in [5, 5.41) is 23.4. The molecule has 0 spiro atoms. The molecule has 3 aromatic rings. The Hall–Kier alpha value is -2.70. The van der Waals surface area contributed by atoms with E-state index in [-0.39, 0.29) is 12.4 Å². The fraction of sp³-hybridized carbons (Fsp3) is 0.381. The minimum Gasteiger partial charge on any atom is -0.387 e. The van der Waals surface area contributed by atoms with Gasteiger partial charge in [0.2, 0.25) is 0 Å². The van der Waals surface area contributed by atoms with Gasteiger partial charge in [0, 0.05) is 6.54 Å². The second-order valence-corrected chi connectivity index (χ2v) is 9.81. The van der Waals surface area contributed by atoms with Gasteiger partial charge in [-0.1, -0.05) is 30.3 Å². The molecule has 0 saturated carbocycles. The Labute approximate surface area is 194 Å². The minimum absolute atomic E-state index is 0.167. The highest BCUT2D eigenvalue weighted by atomic mass is 31.2. The molecule has 12 nitrogen and oxygen atoms in total. The number of benzene rings is 1. The van der Waals surface area contributed by atoms with Crippen molar-refractivity contribution in [2.24, 2.45) is 0 Å². The van der Waals surface area contributed by atoms with E-state index in [1.807, 2.05) is 18.2 Å². The van der Waals surface area contributed by atoms with Crippen molar-refractivity contribution in [3.8, 4) is 0 Å². The molecule has 1 aromatic carbocycles. The molecule has 1 saturated heterocycles. The number of allylic oxidation sites excluding steroid dienone is 1. The fourth-order valence-electron chi connectivity index (χ4n) is 4.30. The first-order chi connectivity index (χ1) is 16.3. The summed E-state index contributed by atoms with van der Waals surface area (Å²) >= 11 is 0. The van der Waals surface area contributed by atoms with Crippen LogP contribution in [0.25, 0.3) is 16.7 Å². The number of ether oxygens (including phenoxy) is 1. The monoisotopic (exact) mass is 488 g/mol. The molecule has 13 heteroatoms. The molecule has 5 atom stereocenters. The quantitative estimate of drug-likeness (QED) is 0.283. The van der Waals surface area contributed by atoms with Crippen LogP contribution in [0, 0.1) is 0 Å². The maximum atomic E-state index is 12.5. The summed E-state index contributed by atoms with van der Waals surface area (Å²) in [6.07, 6.45) is 1.35. The molecule has 5 rings (SSSR count). The van der Waals surface area contributed by atoms with Gasteiger partial charge in [0.1, 0.15) is 30.2 Å². The number of aromatic nitrogens is 4. The average molecular weight is 488 g/mol. The van der Waals surface area contributed by atoms with Gasteiger partial charge in [0.25, 0.3) is 0 Å². The molecule has 2 aromatic heterocycles. The number of fused-ring (bicyclic) bond motifs is 2. The normalized spacial score (nSPS) is 25.9. The van der Waals surface area contributed by atoms with Gasteiger partial charge in [0.15, 0.2) is 17.7 Å². The van der Waals surface area contributed by atoms with E-state index in [2.05, 4.69) is 32.2 Å². The molecule has 1 aliphatic heterocycles. The number of nitrogens with zero attached hydrogens (tertiary/aromatic N) is 4. The van der Waals surface area contributed by atoms with Crippen molar-refractivity contribution >= 4 is 30.3 Å². The maximum absolute atomic E-state index is 12.5. The summed E-state index contributed by atoms with van der Waals surface area (Å²) in [6.45, 7) is -0.180. The van der Waals surface area contributed by atoms with E-state index in [4.69, 9.17) is 15.0 Å². The van der Waals surface area contributed by atoms with Crippen LogP contribution in [0.2, 0.25) is 0 Å². The Morgan fingerprint density at radius 1 is 1.24 bits per heavy atom. The Bertz CT molecular complexity index is 1280. The van der Waals surface area contributed by atoms with Crippen LogP contribution in [-0.2, 0) is 20.2 Å². The summed E-state index contributed by atoms with van der Waals surface area (Å²) in [4.78, 5) is 22.3. The first kappa shape index (κ1) is 23.1. The maximum Gasteiger partial charge on any atom is 0.403 e. The number of nitrogens with two attached hydrogens (primary N) is 1. The van der Waals surface area contributed by atoms with E-state index in [1.54, 1.807) is 0 Å². The Morgan fingerprint density at radius 2 is 2.06 bits per heavy atom. The number of aliphatic hydroxyl groups is 2. The third-order valence-electron chi connectivity index (χ3n) is 6.05. The molecule has 3 heterocycles. The lowest BCUT2D eigenvalue weighted by Crippen LogP contribution is -2.34. The lowest BCUT2D eigenvalue weighted by Gasteiger charge is -2.18. The fourth-order valence-corrected chi connectivity index (χ4v) is 5.13. The summed E-state index contributed by atoms with van der Waals surface area (Å²) in [5.74, 6) is 0.167. The van der Waals surface area contributed by atoms with Crippen LogP contribution < -0.4 is 10.8 Å². The Morgan fingerprint density at radius 3 is 2.91 bits per heavy atom. The number of hydrogen-bond donors (Lipinski definition) is 5. The second-order valence-electron chi connectivity index (χ2n) is 8.19. The first-order valence-corrected chi connectivity index (χ1v) is 12.4. The van der Waals surface area contributed by atoms with E-state index in [0.29, 0.717) is 17.6 Å². The molecular formula is C21H25N6O6P. The number of rotatable bonds is 8.